The highest BCUT2D eigenvalue weighted by atomic mass is 16.6. The van der Waals surface area contributed by atoms with E-state index in [1.54, 1.807) is 13.0 Å². The summed E-state index contributed by atoms with van der Waals surface area (Å²) in [6.07, 6.45) is 2.79. The predicted molar refractivity (Wildman–Crippen MR) is 88.6 cm³/mol. The molecule has 0 unspecified atom stereocenters. The van der Waals surface area contributed by atoms with Crippen molar-refractivity contribution < 1.29 is 29.2 Å². The number of rotatable bonds is 2. The topological polar surface area (TPSA) is 85.2 Å². The lowest BCUT2D eigenvalue weighted by molar-refractivity contribution is -0.362. The molecule has 0 aromatic heterocycles. The summed E-state index contributed by atoms with van der Waals surface area (Å²) in [5.74, 6) is -0.426. The molecule has 138 valence electrons. The van der Waals surface area contributed by atoms with Gasteiger partial charge in [-0.05, 0) is 19.4 Å². The fourth-order valence-corrected chi connectivity index (χ4v) is 5.61. The maximum absolute atomic E-state index is 12.1. The number of ether oxygens (including phenoxy) is 3. The Morgan fingerprint density at radius 2 is 2.16 bits per heavy atom. The van der Waals surface area contributed by atoms with E-state index < -0.39 is 46.8 Å². The summed E-state index contributed by atoms with van der Waals surface area (Å²) in [4.78, 5) is 12.1. The van der Waals surface area contributed by atoms with Gasteiger partial charge in [0.2, 0.25) is 0 Å². The van der Waals surface area contributed by atoms with Gasteiger partial charge in [-0.3, -0.25) is 0 Å². The molecule has 2 heterocycles. The molecule has 2 N–H and O–H groups in total. The first-order valence-corrected chi connectivity index (χ1v) is 8.89. The second-order valence-corrected chi connectivity index (χ2v) is 8.20. The molecule has 0 aromatic carbocycles. The molecule has 6 nitrogen and oxygen atoms in total. The monoisotopic (exact) mass is 350 g/mol. The minimum Gasteiger partial charge on any atom is -0.458 e. The van der Waals surface area contributed by atoms with Gasteiger partial charge in [0.1, 0.15) is 17.8 Å². The van der Waals surface area contributed by atoms with Crippen molar-refractivity contribution >= 4 is 5.97 Å². The van der Waals surface area contributed by atoms with Crippen molar-refractivity contribution in [3.05, 3.63) is 23.8 Å². The summed E-state index contributed by atoms with van der Waals surface area (Å²) in [5.41, 5.74) is -1.95. The van der Waals surface area contributed by atoms with Crippen molar-refractivity contribution in [3.63, 3.8) is 0 Å². The Kier molecular flexibility index (Phi) is 3.55. The molecular weight excluding hydrogens is 324 g/mol. The van der Waals surface area contributed by atoms with Crippen LogP contribution in [0.5, 0.6) is 0 Å². The normalized spacial score (nSPS) is 53.7. The Bertz CT molecular complexity index is 671. The van der Waals surface area contributed by atoms with E-state index in [9.17, 15) is 15.0 Å². The van der Waals surface area contributed by atoms with E-state index in [4.69, 9.17) is 14.2 Å². The van der Waals surface area contributed by atoms with Gasteiger partial charge in [0, 0.05) is 23.3 Å². The summed E-state index contributed by atoms with van der Waals surface area (Å²) in [6, 6.07) is 0. The lowest BCUT2D eigenvalue weighted by atomic mass is 9.48. The molecule has 4 bridgehead atoms. The first-order valence-electron chi connectivity index (χ1n) is 8.89. The quantitative estimate of drug-likeness (QED) is 0.441. The second-order valence-electron chi connectivity index (χ2n) is 8.20. The summed E-state index contributed by atoms with van der Waals surface area (Å²) in [5, 5.41) is 22.2. The van der Waals surface area contributed by atoms with Crippen LogP contribution in [0.4, 0.5) is 0 Å². The van der Waals surface area contributed by atoms with Crippen LogP contribution in [-0.2, 0) is 19.0 Å². The number of aliphatic hydroxyl groups is 2. The summed E-state index contributed by atoms with van der Waals surface area (Å²) in [7, 11) is 0. The fourth-order valence-electron chi connectivity index (χ4n) is 5.61. The number of hydrogen-bond donors (Lipinski definition) is 2. The number of carbonyl (C=O) groups excluding carboxylic acids is 1. The molecule has 0 spiro atoms. The van der Waals surface area contributed by atoms with Crippen LogP contribution in [0, 0.1) is 10.8 Å². The van der Waals surface area contributed by atoms with Crippen molar-refractivity contribution in [2.75, 3.05) is 6.61 Å². The van der Waals surface area contributed by atoms with E-state index in [1.807, 2.05) is 26.8 Å². The minimum atomic E-state index is -1.26. The average Bonchev–Trinajstić information content (AvgIpc) is 2.69. The van der Waals surface area contributed by atoms with Crippen molar-refractivity contribution in [2.45, 2.75) is 70.2 Å². The summed E-state index contributed by atoms with van der Waals surface area (Å²) in [6.45, 7) is 7.59. The van der Waals surface area contributed by atoms with Crippen LogP contribution in [0.3, 0.4) is 0 Å². The van der Waals surface area contributed by atoms with Gasteiger partial charge in [0.05, 0.1) is 24.9 Å². The average molecular weight is 350 g/mol. The molecule has 0 amide bonds. The van der Waals surface area contributed by atoms with Crippen LogP contribution in [-0.4, -0.2) is 58.9 Å². The first-order chi connectivity index (χ1) is 11.7. The number of esters is 1. The standard InChI is InChI=1S/C19H26O6/c1-5-6-14(20)25-12-8-13-19(22)9-23-16-15(21)10(2)7-11(24-13)17(16,3)18(12,19)4/h5-7,11-13,15-16,21-22H,8-9H2,1-4H3/b6-5-/t11-,12-,13-,15-,16+,17-,18-,19+/m1/s1. The van der Waals surface area contributed by atoms with Gasteiger partial charge in [0.25, 0.3) is 0 Å². The molecule has 8 atom stereocenters. The van der Waals surface area contributed by atoms with Crippen molar-refractivity contribution in [2.24, 2.45) is 10.8 Å². The molecule has 6 heteroatoms. The molecule has 3 fully saturated rings. The third-order valence-corrected chi connectivity index (χ3v) is 7.33. The van der Waals surface area contributed by atoms with Gasteiger partial charge in [-0.25, -0.2) is 4.79 Å². The lowest BCUT2D eigenvalue weighted by Gasteiger charge is -2.67. The number of allylic oxidation sites excluding steroid dienone is 1. The van der Waals surface area contributed by atoms with Gasteiger partial charge in [-0.1, -0.05) is 26.0 Å². The SMILES string of the molecule is C/C=C\C(=O)O[C@@H]1C[C@H]2O[C@@H]3C=C(C)[C@@H](O)[C@@H]4OC[C@@]2(O)[C@@]1(C)[C@]34C. The molecular formula is C19H26O6. The van der Waals surface area contributed by atoms with Crippen molar-refractivity contribution in [1.29, 1.82) is 0 Å². The van der Waals surface area contributed by atoms with Crippen LogP contribution in [0.1, 0.15) is 34.1 Å². The fraction of sp³-hybridized carbons (Fsp3) is 0.737. The Hall–Kier alpha value is -1.21. The zero-order valence-corrected chi connectivity index (χ0v) is 15.1. The number of aliphatic hydroxyl groups excluding tert-OH is 1. The zero-order chi connectivity index (χ0) is 18.2. The molecule has 4 rings (SSSR count). The van der Waals surface area contributed by atoms with E-state index >= 15 is 0 Å². The highest BCUT2D eigenvalue weighted by molar-refractivity contribution is 5.82. The van der Waals surface area contributed by atoms with E-state index in [0.717, 1.165) is 5.57 Å². The molecule has 1 saturated carbocycles. The molecule has 0 radical (unpaired) electrons. The maximum atomic E-state index is 12.1. The molecule has 25 heavy (non-hydrogen) atoms. The summed E-state index contributed by atoms with van der Waals surface area (Å²) < 4.78 is 18.0. The van der Waals surface area contributed by atoms with E-state index in [1.165, 1.54) is 6.08 Å². The molecule has 0 aromatic rings. The third kappa shape index (κ3) is 1.81. The Balaban J connectivity index is 1.84. The largest absolute Gasteiger partial charge is 0.458 e. The highest BCUT2D eigenvalue weighted by Gasteiger charge is 2.81. The number of carbonyl (C=O) groups is 1. The van der Waals surface area contributed by atoms with Gasteiger partial charge >= 0.3 is 5.97 Å². The highest BCUT2D eigenvalue weighted by Crippen LogP contribution is 2.69. The van der Waals surface area contributed by atoms with Crippen molar-refractivity contribution in [1.82, 2.24) is 0 Å². The van der Waals surface area contributed by atoms with Crippen molar-refractivity contribution in [3.8, 4) is 0 Å². The van der Waals surface area contributed by atoms with Gasteiger partial charge in [-0.15, -0.1) is 0 Å². The Morgan fingerprint density at radius 1 is 1.44 bits per heavy atom. The van der Waals surface area contributed by atoms with Gasteiger partial charge < -0.3 is 24.4 Å². The Morgan fingerprint density at radius 3 is 2.84 bits per heavy atom. The van der Waals surface area contributed by atoms with Crippen LogP contribution in [0.2, 0.25) is 0 Å². The van der Waals surface area contributed by atoms with Crippen LogP contribution in [0.25, 0.3) is 0 Å². The third-order valence-electron chi connectivity index (χ3n) is 7.33. The van der Waals surface area contributed by atoms with E-state index in [0.29, 0.717) is 6.42 Å². The van der Waals surface area contributed by atoms with Crippen LogP contribution >= 0.6 is 0 Å². The molecule has 2 aliphatic carbocycles. The van der Waals surface area contributed by atoms with Crippen LogP contribution < -0.4 is 0 Å². The molecule has 4 aliphatic rings. The summed E-state index contributed by atoms with van der Waals surface area (Å²) >= 11 is 0. The maximum Gasteiger partial charge on any atom is 0.330 e. The van der Waals surface area contributed by atoms with E-state index in [-0.39, 0.29) is 12.7 Å². The van der Waals surface area contributed by atoms with E-state index in [2.05, 4.69) is 0 Å². The Labute approximate surface area is 147 Å². The van der Waals surface area contributed by atoms with Crippen LogP contribution in [0.15, 0.2) is 23.8 Å². The zero-order valence-electron chi connectivity index (χ0n) is 15.1. The lowest BCUT2D eigenvalue weighted by Crippen LogP contribution is -2.78. The first kappa shape index (κ1) is 17.2. The molecule has 2 saturated heterocycles. The predicted octanol–water partition coefficient (Wildman–Crippen LogP) is 1.11. The molecule has 2 aliphatic heterocycles. The van der Waals surface area contributed by atoms with Gasteiger partial charge in [-0.2, -0.15) is 0 Å². The van der Waals surface area contributed by atoms with Gasteiger partial charge in [0.15, 0.2) is 0 Å². The minimum absolute atomic E-state index is 0.0587. The second kappa shape index (κ2) is 5.16. The number of hydrogen-bond acceptors (Lipinski definition) is 6. The smallest absolute Gasteiger partial charge is 0.330 e.